The molecule has 3 aromatic rings. The van der Waals surface area contributed by atoms with Gasteiger partial charge in [0.15, 0.2) is 5.82 Å². The van der Waals surface area contributed by atoms with Gasteiger partial charge in [-0.05, 0) is 32.3 Å². The standard InChI is InChI=1S/C18H22N4O2/c1-12-20-15-16(13-4-2-3-5-14(13)21-17(15)19)22(12)9-6-18(23)7-10-24-11-8-18/h2-5,23H,6-11H2,1H3,(H2,19,21). The number of fused-ring (bicyclic) bond motifs is 3. The molecule has 126 valence electrons. The van der Waals surface area contributed by atoms with Gasteiger partial charge in [-0.2, -0.15) is 0 Å². The van der Waals surface area contributed by atoms with E-state index < -0.39 is 5.60 Å². The average molecular weight is 326 g/mol. The first-order valence-electron chi connectivity index (χ1n) is 8.39. The molecule has 0 atom stereocenters. The molecule has 1 saturated heterocycles. The Morgan fingerprint density at radius 3 is 2.79 bits per heavy atom. The van der Waals surface area contributed by atoms with Gasteiger partial charge >= 0.3 is 0 Å². The van der Waals surface area contributed by atoms with Crippen molar-refractivity contribution < 1.29 is 9.84 Å². The number of aryl methyl sites for hydroxylation is 2. The number of para-hydroxylation sites is 1. The first-order valence-corrected chi connectivity index (χ1v) is 8.39. The fourth-order valence-electron chi connectivity index (χ4n) is 3.57. The van der Waals surface area contributed by atoms with Crippen LogP contribution in [0.25, 0.3) is 21.9 Å². The van der Waals surface area contributed by atoms with E-state index in [1.54, 1.807) is 0 Å². The van der Waals surface area contributed by atoms with Crippen molar-refractivity contribution in [3.05, 3.63) is 30.1 Å². The van der Waals surface area contributed by atoms with E-state index in [-0.39, 0.29) is 0 Å². The maximum atomic E-state index is 10.8. The van der Waals surface area contributed by atoms with E-state index in [0.29, 0.717) is 44.8 Å². The molecule has 2 aromatic heterocycles. The van der Waals surface area contributed by atoms with E-state index in [9.17, 15) is 5.11 Å². The van der Waals surface area contributed by atoms with Gasteiger partial charge in [-0.3, -0.25) is 0 Å². The summed E-state index contributed by atoms with van der Waals surface area (Å²) < 4.78 is 7.52. The zero-order valence-electron chi connectivity index (χ0n) is 13.8. The number of ether oxygens (including phenoxy) is 1. The minimum Gasteiger partial charge on any atom is -0.390 e. The molecular weight excluding hydrogens is 304 g/mol. The predicted octanol–water partition coefficient (Wildman–Crippen LogP) is 2.41. The molecule has 4 rings (SSSR count). The lowest BCUT2D eigenvalue weighted by molar-refractivity contribution is -0.0698. The van der Waals surface area contributed by atoms with E-state index >= 15 is 0 Å². The number of aromatic nitrogens is 3. The summed E-state index contributed by atoms with van der Waals surface area (Å²) in [6.45, 7) is 3.93. The van der Waals surface area contributed by atoms with Crippen molar-refractivity contribution in [1.82, 2.24) is 14.5 Å². The van der Waals surface area contributed by atoms with Crippen LogP contribution in [0.3, 0.4) is 0 Å². The van der Waals surface area contributed by atoms with Crippen LogP contribution in [0.2, 0.25) is 0 Å². The maximum absolute atomic E-state index is 10.8. The molecule has 3 N–H and O–H groups in total. The molecule has 0 bridgehead atoms. The largest absolute Gasteiger partial charge is 0.390 e. The summed E-state index contributed by atoms with van der Waals surface area (Å²) in [5.41, 5.74) is 8.08. The molecule has 6 nitrogen and oxygen atoms in total. The Morgan fingerprint density at radius 1 is 1.25 bits per heavy atom. The Kier molecular flexibility index (Phi) is 3.66. The molecule has 1 aliphatic heterocycles. The normalized spacial score (nSPS) is 17.6. The monoisotopic (exact) mass is 326 g/mol. The van der Waals surface area contributed by atoms with Crippen molar-refractivity contribution in [2.24, 2.45) is 0 Å². The zero-order chi connectivity index (χ0) is 16.7. The first-order chi connectivity index (χ1) is 11.6. The number of pyridine rings is 1. The molecule has 0 saturated carbocycles. The molecule has 1 aromatic carbocycles. The van der Waals surface area contributed by atoms with Crippen molar-refractivity contribution in [1.29, 1.82) is 0 Å². The van der Waals surface area contributed by atoms with E-state index in [1.807, 2.05) is 31.2 Å². The van der Waals surface area contributed by atoms with E-state index in [1.165, 1.54) is 0 Å². The van der Waals surface area contributed by atoms with Crippen LogP contribution in [0.15, 0.2) is 24.3 Å². The summed E-state index contributed by atoms with van der Waals surface area (Å²) in [5, 5.41) is 11.8. The Labute approximate surface area is 140 Å². The lowest BCUT2D eigenvalue weighted by Gasteiger charge is -2.32. The van der Waals surface area contributed by atoms with Gasteiger partial charge in [-0.1, -0.05) is 18.2 Å². The van der Waals surface area contributed by atoms with Crippen molar-refractivity contribution in [2.45, 2.75) is 38.3 Å². The molecule has 0 aliphatic carbocycles. The average Bonchev–Trinajstić information content (AvgIpc) is 2.91. The van der Waals surface area contributed by atoms with E-state index in [0.717, 1.165) is 27.8 Å². The number of nitrogen functional groups attached to an aromatic ring is 1. The number of hydrogen-bond acceptors (Lipinski definition) is 5. The van der Waals surface area contributed by atoms with Crippen LogP contribution in [0.1, 0.15) is 25.1 Å². The van der Waals surface area contributed by atoms with Crippen molar-refractivity contribution >= 4 is 27.8 Å². The highest BCUT2D eigenvalue weighted by atomic mass is 16.5. The summed E-state index contributed by atoms with van der Waals surface area (Å²) in [6.07, 6.45) is 2.05. The van der Waals surface area contributed by atoms with Crippen LogP contribution >= 0.6 is 0 Å². The van der Waals surface area contributed by atoms with Gasteiger partial charge in [-0.25, -0.2) is 9.97 Å². The number of imidazole rings is 1. The molecule has 3 heterocycles. The Bertz CT molecular complexity index is 897. The summed E-state index contributed by atoms with van der Waals surface area (Å²) >= 11 is 0. The van der Waals surface area contributed by atoms with Crippen LogP contribution in [0.5, 0.6) is 0 Å². The molecule has 0 radical (unpaired) electrons. The Balaban J connectivity index is 1.78. The number of anilines is 1. The minimum atomic E-state index is -0.657. The quantitative estimate of drug-likeness (QED) is 0.772. The van der Waals surface area contributed by atoms with Gasteiger partial charge in [0.05, 0.1) is 16.6 Å². The molecule has 0 spiro atoms. The number of rotatable bonds is 3. The molecule has 6 heteroatoms. The number of benzene rings is 1. The third-order valence-corrected chi connectivity index (χ3v) is 5.03. The molecule has 0 unspecified atom stereocenters. The highest BCUT2D eigenvalue weighted by Gasteiger charge is 2.30. The molecule has 1 aliphatic rings. The van der Waals surface area contributed by atoms with E-state index in [4.69, 9.17) is 10.5 Å². The van der Waals surface area contributed by atoms with Gasteiger partial charge in [0.2, 0.25) is 0 Å². The SMILES string of the molecule is Cc1nc2c(N)nc3ccccc3c2n1CCC1(O)CCOCC1. The number of hydrogen-bond donors (Lipinski definition) is 2. The van der Waals surface area contributed by atoms with Crippen molar-refractivity contribution in [3.63, 3.8) is 0 Å². The van der Waals surface area contributed by atoms with Gasteiger partial charge < -0.3 is 20.1 Å². The fraction of sp³-hybridized carbons (Fsp3) is 0.444. The van der Waals surface area contributed by atoms with Gasteiger partial charge in [0.1, 0.15) is 11.3 Å². The lowest BCUT2D eigenvalue weighted by Crippen LogP contribution is -2.37. The smallest absolute Gasteiger partial charge is 0.152 e. The number of nitrogens with two attached hydrogens (primary N) is 1. The highest BCUT2D eigenvalue weighted by molar-refractivity contribution is 6.06. The van der Waals surface area contributed by atoms with Gasteiger partial charge in [0.25, 0.3) is 0 Å². The van der Waals surface area contributed by atoms with Crippen LogP contribution in [0, 0.1) is 6.92 Å². The van der Waals surface area contributed by atoms with Crippen LogP contribution in [-0.2, 0) is 11.3 Å². The first kappa shape index (κ1) is 15.4. The fourth-order valence-corrected chi connectivity index (χ4v) is 3.57. The van der Waals surface area contributed by atoms with Gasteiger partial charge in [0, 0.05) is 25.1 Å². The highest BCUT2D eigenvalue weighted by Crippen LogP contribution is 2.31. The summed E-state index contributed by atoms with van der Waals surface area (Å²) in [7, 11) is 0. The van der Waals surface area contributed by atoms with Crippen molar-refractivity contribution in [3.8, 4) is 0 Å². The summed E-state index contributed by atoms with van der Waals surface area (Å²) in [5.74, 6) is 1.35. The second-order valence-electron chi connectivity index (χ2n) is 6.61. The third-order valence-electron chi connectivity index (χ3n) is 5.03. The molecule has 24 heavy (non-hydrogen) atoms. The van der Waals surface area contributed by atoms with E-state index in [2.05, 4.69) is 14.5 Å². The van der Waals surface area contributed by atoms with Gasteiger partial charge in [-0.15, -0.1) is 0 Å². The topological polar surface area (TPSA) is 86.2 Å². The second kappa shape index (κ2) is 5.72. The Morgan fingerprint density at radius 2 is 2.00 bits per heavy atom. The molecule has 0 amide bonds. The number of aliphatic hydroxyl groups is 1. The summed E-state index contributed by atoms with van der Waals surface area (Å²) in [4.78, 5) is 9.08. The number of nitrogens with zero attached hydrogens (tertiary/aromatic N) is 3. The maximum Gasteiger partial charge on any atom is 0.152 e. The van der Waals surface area contributed by atoms with Crippen LogP contribution in [0.4, 0.5) is 5.82 Å². The van der Waals surface area contributed by atoms with Crippen LogP contribution in [-0.4, -0.2) is 38.5 Å². The Hall–Kier alpha value is -2.18. The zero-order valence-corrected chi connectivity index (χ0v) is 13.8. The minimum absolute atomic E-state index is 0.454. The molecular formula is C18H22N4O2. The third kappa shape index (κ3) is 2.52. The summed E-state index contributed by atoms with van der Waals surface area (Å²) in [6, 6.07) is 7.96. The second-order valence-corrected chi connectivity index (χ2v) is 6.61. The van der Waals surface area contributed by atoms with Crippen molar-refractivity contribution in [2.75, 3.05) is 18.9 Å². The van der Waals surface area contributed by atoms with Crippen LogP contribution < -0.4 is 5.73 Å². The lowest BCUT2D eigenvalue weighted by atomic mass is 9.91. The predicted molar refractivity (Wildman–Crippen MR) is 93.8 cm³/mol. The molecule has 1 fully saturated rings.